The van der Waals surface area contributed by atoms with Gasteiger partial charge in [0.15, 0.2) is 6.10 Å². The summed E-state index contributed by atoms with van der Waals surface area (Å²) in [6.45, 7) is 6.52. The van der Waals surface area contributed by atoms with Crippen molar-refractivity contribution in [1.29, 1.82) is 0 Å². The van der Waals surface area contributed by atoms with Crippen LogP contribution in [0.15, 0.2) is 72.9 Å². The summed E-state index contributed by atoms with van der Waals surface area (Å²) in [4.78, 5) is 38.1. The standard InChI is InChI=1S/C69H122O6/c1-4-7-10-13-16-18-20-22-24-26-28-30-31-32-33-34-35-36-37-39-40-42-44-46-48-50-53-56-59-62-68(71)74-65-66(64-73-67(70)61-58-55-52-15-12-9-6-3)75-69(72)63-60-57-54-51-49-47-45-43-41-38-29-27-25-23-21-19-17-14-11-8-5-2/h7,10,16,18,22,24,27-30,32-33,66H,4-6,8-9,11-15,17,19-21,23,25-26,31,34-65H2,1-3H3/b10-7-,18-16-,24-22-,29-27-,30-28-,33-32-. The molecule has 0 radical (unpaired) electrons. The zero-order valence-corrected chi connectivity index (χ0v) is 49.8. The Morgan fingerprint density at radius 3 is 0.827 bits per heavy atom. The first-order chi connectivity index (χ1) is 37.0. The van der Waals surface area contributed by atoms with Crippen LogP contribution in [0.1, 0.15) is 329 Å². The molecule has 0 heterocycles. The van der Waals surface area contributed by atoms with Crippen LogP contribution in [-0.2, 0) is 28.6 Å². The molecule has 0 bridgehead atoms. The number of hydrogen-bond donors (Lipinski definition) is 0. The summed E-state index contributed by atoms with van der Waals surface area (Å²) >= 11 is 0. The number of carbonyl (C=O) groups is 3. The Hall–Kier alpha value is -3.15. The fourth-order valence-electron chi connectivity index (χ4n) is 9.35. The molecule has 0 aliphatic heterocycles. The quantitative estimate of drug-likeness (QED) is 0.0261. The summed E-state index contributed by atoms with van der Waals surface area (Å²) in [5.41, 5.74) is 0. The zero-order valence-electron chi connectivity index (χ0n) is 49.8. The lowest BCUT2D eigenvalue weighted by molar-refractivity contribution is -0.167. The summed E-state index contributed by atoms with van der Waals surface area (Å²) in [5, 5.41) is 0. The van der Waals surface area contributed by atoms with E-state index in [9.17, 15) is 14.4 Å². The maximum absolute atomic E-state index is 12.9. The van der Waals surface area contributed by atoms with Crippen LogP contribution in [0, 0.1) is 0 Å². The molecule has 6 nitrogen and oxygen atoms in total. The molecule has 6 heteroatoms. The van der Waals surface area contributed by atoms with Crippen LogP contribution in [0.25, 0.3) is 0 Å². The molecule has 0 aliphatic carbocycles. The van der Waals surface area contributed by atoms with Crippen molar-refractivity contribution < 1.29 is 28.6 Å². The molecule has 0 aromatic heterocycles. The van der Waals surface area contributed by atoms with Gasteiger partial charge < -0.3 is 14.2 Å². The highest BCUT2D eigenvalue weighted by atomic mass is 16.6. The molecular weight excluding hydrogens is 925 g/mol. The van der Waals surface area contributed by atoms with Crippen molar-refractivity contribution in [3.05, 3.63) is 72.9 Å². The minimum absolute atomic E-state index is 0.0730. The number of ether oxygens (including phenoxy) is 3. The monoisotopic (exact) mass is 1050 g/mol. The van der Waals surface area contributed by atoms with Crippen LogP contribution < -0.4 is 0 Å². The maximum atomic E-state index is 12.9. The minimum atomic E-state index is -0.773. The van der Waals surface area contributed by atoms with E-state index in [1.165, 1.54) is 199 Å². The van der Waals surface area contributed by atoms with Crippen LogP contribution in [0.5, 0.6) is 0 Å². The van der Waals surface area contributed by atoms with Gasteiger partial charge in [-0.3, -0.25) is 14.4 Å². The number of allylic oxidation sites excluding steroid dienone is 12. The zero-order chi connectivity index (χ0) is 54.3. The molecule has 0 amide bonds. The first kappa shape index (κ1) is 71.8. The SMILES string of the molecule is CC/C=C\C/C=C\C/C=C\C/C=C\C/C=C\CCCCCCCCCCCCCCCC(=O)OCC(COC(=O)CCCCCCCCC)OC(=O)CCCCCCCCCCC/C=C\CCCCCCCCCC. The Labute approximate surface area is 465 Å². The number of hydrogen-bond acceptors (Lipinski definition) is 6. The maximum Gasteiger partial charge on any atom is 0.306 e. The van der Waals surface area contributed by atoms with Gasteiger partial charge in [-0.2, -0.15) is 0 Å². The highest BCUT2D eigenvalue weighted by Gasteiger charge is 2.19. The Bertz CT molecular complexity index is 1390. The molecular formula is C69H122O6. The second-order valence-electron chi connectivity index (χ2n) is 21.6. The van der Waals surface area contributed by atoms with Crippen molar-refractivity contribution in [3.63, 3.8) is 0 Å². The Balaban J connectivity index is 4.09. The van der Waals surface area contributed by atoms with E-state index in [0.29, 0.717) is 19.3 Å². The molecule has 1 atom stereocenters. The molecule has 0 saturated heterocycles. The van der Waals surface area contributed by atoms with Gasteiger partial charge in [-0.25, -0.2) is 0 Å². The predicted molar refractivity (Wildman–Crippen MR) is 325 cm³/mol. The van der Waals surface area contributed by atoms with Gasteiger partial charge in [0.05, 0.1) is 0 Å². The van der Waals surface area contributed by atoms with E-state index in [4.69, 9.17) is 14.2 Å². The highest BCUT2D eigenvalue weighted by Crippen LogP contribution is 2.17. The first-order valence-corrected chi connectivity index (χ1v) is 32.4. The molecule has 434 valence electrons. The third kappa shape index (κ3) is 61.6. The third-order valence-corrected chi connectivity index (χ3v) is 14.2. The van der Waals surface area contributed by atoms with Gasteiger partial charge in [0.25, 0.3) is 0 Å². The molecule has 0 N–H and O–H groups in total. The summed E-state index contributed by atoms with van der Waals surface area (Å²) < 4.78 is 16.9. The molecule has 75 heavy (non-hydrogen) atoms. The molecule has 0 aliphatic rings. The van der Waals surface area contributed by atoms with E-state index >= 15 is 0 Å². The molecule has 0 aromatic rings. The molecule has 0 aromatic carbocycles. The lowest BCUT2D eigenvalue weighted by atomic mass is 10.0. The molecule has 0 spiro atoms. The van der Waals surface area contributed by atoms with Gasteiger partial charge in [-0.15, -0.1) is 0 Å². The largest absolute Gasteiger partial charge is 0.462 e. The third-order valence-electron chi connectivity index (χ3n) is 14.2. The van der Waals surface area contributed by atoms with Gasteiger partial charge in [-0.1, -0.05) is 293 Å². The van der Waals surface area contributed by atoms with Gasteiger partial charge in [0, 0.05) is 19.3 Å². The normalized spacial score (nSPS) is 12.5. The smallest absolute Gasteiger partial charge is 0.306 e. The fraction of sp³-hybridized carbons (Fsp3) is 0.783. The lowest BCUT2D eigenvalue weighted by Gasteiger charge is -2.18. The van der Waals surface area contributed by atoms with Crippen molar-refractivity contribution in [2.45, 2.75) is 335 Å². The predicted octanol–water partition coefficient (Wildman–Crippen LogP) is 22.1. The van der Waals surface area contributed by atoms with Crippen molar-refractivity contribution in [1.82, 2.24) is 0 Å². The highest BCUT2D eigenvalue weighted by molar-refractivity contribution is 5.71. The Morgan fingerprint density at radius 1 is 0.280 bits per heavy atom. The van der Waals surface area contributed by atoms with E-state index in [1.807, 2.05) is 0 Å². The van der Waals surface area contributed by atoms with E-state index in [0.717, 1.165) is 89.9 Å². The van der Waals surface area contributed by atoms with Crippen molar-refractivity contribution in [2.24, 2.45) is 0 Å². The van der Waals surface area contributed by atoms with Crippen LogP contribution in [0.2, 0.25) is 0 Å². The summed E-state index contributed by atoms with van der Waals surface area (Å²) in [6.07, 6.45) is 82.2. The first-order valence-electron chi connectivity index (χ1n) is 32.4. The van der Waals surface area contributed by atoms with Crippen LogP contribution in [0.4, 0.5) is 0 Å². The lowest BCUT2D eigenvalue weighted by Crippen LogP contribution is -2.30. The van der Waals surface area contributed by atoms with E-state index < -0.39 is 6.10 Å². The molecule has 0 rings (SSSR count). The fourth-order valence-corrected chi connectivity index (χ4v) is 9.35. The van der Waals surface area contributed by atoms with Gasteiger partial charge in [-0.05, 0) is 89.9 Å². The van der Waals surface area contributed by atoms with Crippen molar-refractivity contribution in [3.8, 4) is 0 Å². The minimum Gasteiger partial charge on any atom is -0.462 e. The molecule has 1 unspecified atom stereocenters. The van der Waals surface area contributed by atoms with E-state index in [-0.39, 0.29) is 31.1 Å². The number of carbonyl (C=O) groups excluding carboxylic acids is 3. The number of rotatable bonds is 59. The van der Waals surface area contributed by atoms with Crippen molar-refractivity contribution >= 4 is 17.9 Å². The van der Waals surface area contributed by atoms with E-state index in [2.05, 4.69) is 93.7 Å². The average molecular weight is 1050 g/mol. The second-order valence-corrected chi connectivity index (χ2v) is 21.6. The Kier molecular flexibility index (Phi) is 60.7. The summed E-state index contributed by atoms with van der Waals surface area (Å²) in [7, 11) is 0. The average Bonchev–Trinajstić information content (AvgIpc) is 3.41. The number of esters is 3. The number of unbranched alkanes of at least 4 members (excludes halogenated alkanes) is 36. The summed E-state index contributed by atoms with van der Waals surface area (Å²) in [5.74, 6) is -0.868. The summed E-state index contributed by atoms with van der Waals surface area (Å²) in [6, 6.07) is 0. The van der Waals surface area contributed by atoms with Gasteiger partial charge in [0.1, 0.15) is 13.2 Å². The topological polar surface area (TPSA) is 78.9 Å². The van der Waals surface area contributed by atoms with Gasteiger partial charge >= 0.3 is 17.9 Å². The van der Waals surface area contributed by atoms with Crippen LogP contribution in [0.3, 0.4) is 0 Å². The van der Waals surface area contributed by atoms with E-state index in [1.54, 1.807) is 0 Å². The van der Waals surface area contributed by atoms with Crippen LogP contribution >= 0.6 is 0 Å². The molecule has 0 saturated carbocycles. The second kappa shape index (κ2) is 63.4. The molecule has 0 fully saturated rings. The van der Waals surface area contributed by atoms with Gasteiger partial charge in [0.2, 0.25) is 0 Å². The Morgan fingerprint density at radius 2 is 0.520 bits per heavy atom. The van der Waals surface area contributed by atoms with Crippen molar-refractivity contribution in [2.75, 3.05) is 13.2 Å². The van der Waals surface area contributed by atoms with Crippen LogP contribution in [-0.4, -0.2) is 37.2 Å².